The second-order valence-corrected chi connectivity index (χ2v) is 5.83. The molecule has 26 heavy (non-hydrogen) atoms. The average Bonchev–Trinajstić information content (AvgIpc) is 3.29. The Morgan fingerprint density at radius 2 is 1.96 bits per heavy atom. The minimum absolute atomic E-state index is 0.178. The Hall–Kier alpha value is -3.54. The maximum Gasteiger partial charge on any atom is 0.301 e. The van der Waals surface area contributed by atoms with Crippen LogP contribution < -0.4 is 10.1 Å². The van der Waals surface area contributed by atoms with Gasteiger partial charge in [-0.2, -0.15) is 4.98 Å². The highest BCUT2D eigenvalue weighted by molar-refractivity contribution is 6.03. The van der Waals surface area contributed by atoms with E-state index in [2.05, 4.69) is 33.1 Å². The van der Waals surface area contributed by atoms with Crippen LogP contribution in [-0.2, 0) is 6.54 Å². The maximum absolute atomic E-state index is 12.3. The molecular formula is C20H17N3O3. The lowest BCUT2D eigenvalue weighted by molar-refractivity contribution is 0.102. The Kier molecular flexibility index (Phi) is 4.15. The Balaban J connectivity index is 1.46. The van der Waals surface area contributed by atoms with Gasteiger partial charge in [0.15, 0.2) is 0 Å². The zero-order chi connectivity index (χ0) is 17.9. The summed E-state index contributed by atoms with van der Waals surface area (Å²) >= 11 is 0. The molecule has 0 radical (unpaired) electrons. The van der Waals surface area contributed by atoms with Crippen LogP contribution in [0.5, 0.6) is 5.75 Å². The zero-order valence-electron chi connectivity index (χ0n) is 14.2. The third kappa shape index (κ3) is 3.17. The molecule has 0 saturated heterocycles. The summed E-state index contributed by atoms with van der Waals surface area (Å²) in [7, 11) is 1.58. The first-order chi connectivity index (χ1) is 12.7. The number of hydrogen-bond acceptors (Lipinski definition) is 4. The van der Waals surface area contributed by atoms with Crippen LogP contribution in [0.4, 0.5) is 6.01 Å². The summed E-state index contributed by atoms with van der Waals surface area (Å²) < 4.78 is 12.6. The van der Waals surface area contributed by atoms with Gasteiger partial charge in [0.1, 0.15) is 17.7 Å². The van der Waals surface area contributed by atoms with E-state index < -0.39 is 0 Å². The van der Waals surface area contributed by atoms with Crippen molar-refractivity contribution in [3.05, 3.63) is 78.3 Å². The molecule has 2 aromatic carbocycles. The molecule has 1 N–H and O–H groups in total. The molecule has 6 heteroatoms. The molecule has 0 aliphatic heterocycles. The fourth-order valence-electron chi connectivity index (χ4n) is 2.80. The average molecular weight is 347 g/mol. The largest absolute Gasteiger partial charge is 0.497 e. The third-order valence-corrected chi connectivity index (χ3v) is 4.14. The Bertz CT molecular complexity index is 1050. The number of oxazole rings is 1. The fraction of sp³-hybridized carbons (Fsp3) is 0.100. The number of benzene rings is 2. The SMILES string of the molecule is COc1ccc(C(=O)Nc2nc(Cn3ccc4ccccc43)co2)cc1. The van der Waals surface area contributed by atoms with E-state index in [0.717, 1.165) is 11.2 Å². The van der Waals surface area contributed by atoms with Gasteiger partial charge >= 0.3 is 6.01 Å². The second-order valence-electron chi connectivity index (χ2n) is 5.83. The van der Waals surface area contributed by atoms with Crippen LogP contribution in [0.1, 0.15) is 16.1 Å². The number of nitrogens with zero attached hydrogens (tertiary/aromatic N) is 2. The van der Waals surface area contributed by atoms with E-state index in [9.17, 15) is 4.79 Å². The van der Waals surface area contributed by atoms with Gasteiger partial charge < -0.3 is 13.7 Å². The number of carbonyl (C=O) groups is 1. The molecule has 130 valence electrons. The van der Waals surface area contributed by atoms with E-state index >= 15 is 0 Å². The highest BCUT2D eigenvalue weighted by Gasteiger charge is 2.11. The summed E-state index contributed by atoms with van der Waals surface area (Å²) in [6.45, 7) is 0.565. The topological polar surface area (TPSA) is 69.3 Å². The first-order valence-electron chi connectivity index (χ1n) is 8.16. The highest BCUT2D eigenvalue weighted by Crippen LogP contribution is 2.18. The molecule has 0 atom stereocenters. The van der Waals surface area contributed by atoms with E-state index in [4.69, 9.17) is 9.15 Å². The standard InChI is InChI=1S/C20H17N3O3/c1-25-17-8-6-15(7-9-17)19(24)22-20-21-16(13-26-20)12-23-11-10-14-4-2-3-5-18(14)23/h2-11,13H,12H2,1H3,(H,21,22,24). The van der Waals surface area contributed by atoms with Crippen LogP contribution in [0.15, 0.2) is 71.5 Å². The van der Waals surface area contributed by atoms with Crippen LogP contribution in [0, 0.1) is 0 Å². The molecule has 4 aromatic rings. The van der Waals surface area contributed by atoms with Crippen LogP contribution in [0.3, 0.4) is 0 Å². The molecule has 0 fully saturated rings. The lowest BCUT2D eigenvalue weighted by Crippen LogP contribution is -2.12. The molecule has 2 aromatic heterocycles. The van der Waals surface area contributed by atoms with Crippen molar-refractivity contribution in [1.29, 1.82) is 0 Å². The molecule has 0 bridgehead atoms. The van der Waals surface area contributed by atoms with E-state index in [1.165, 1.54) is 5.39 Å². The smallest absolute Gasteiger partial charge is 0.301 e. The number of methoxy groups -OCH3 is 1. The van der Waals surface area contributed by atoms with Crippen LogP contribution >= 0.6 is 0 Å². The Morgan fingerprint density at radius 3 is 2.77 bits per heavy atom. The molecule has 0 aliphatic rings. The number of amides is 1. The van der Waals surface area contributed by atoms with Gasteiger partial charge in [0.2, 0.25) is 0 Å². The van der Waals surface area contributed by atoms with Gasteiger partial charge in [-0.1, -0.05) is 18.2 Å². The number of ether oxygens (including phenoxy) is 1. The molecule has 4 rings (SSSR count). The summed E-state index contributed by atoms with van der Waals surface area (Å²) in [6.07, 6.45) is 3.56. The fourth-order valence-corrected chi connectivity index (χ4v) is 2.80. The summed E-state index contributed by atoms with van der Waals surface area (Å²) in [6, 6.07) is 17.2. The number of fused-ring (bicyclic) bond motifs is 1. The lowest BCUT2D eigenvalue weighted by Gasteiger charge is -2.03. The minimum Gasteiger partial charge on any atom is -0.497 e. The summed E-state index contributed by atoms with van der Waals surface area (Å²) in [5.41, 5.74) is 2.36. The monoisotopic (exact) mass is 347 g/mol. The normalized spacial score (nSPS) is 10.8. The van der Waals surface area contributed by atoms with E-state index in [1.54, 1.807) is 37.6 Å². The molecule has 0 aliphatic carbocycles. The number of nitrogens with one attached hydrogen (secondary N) is 1. The molecule has 0 spiro atoms. The first-order valence-corrected chi connectivity index (χ1v) is 8.16. The predicted octanol–water partition coefficient (Wildman–Crippen LogP) is 3.94. The summed E-state index contributed by atoms with van der Waals surface area (Å²) in [5.74, 6) is 0.409. The van der Waals surface area contributed by atoms with E-state index in [-0.39, 0.29) is 11.9 Å². The van der Waals surface area contributed by atoms with Gasteiger partial charge in [-0.15, -0.1) is 0 Å². The van der Waals surface area contributed by atoms with Gasteiger partial charge in [0, 0.05) is 17.3 Å². The van der Waals surface area contributed by atoms with Crippen molar-refractivity contribution < 1.29 is 13.9 Å². The van der Waals surface area contributed by atoms with Gasteiger partial charge in [0.05, 0.1) is 13.7 Å². The van der Waals surface area contributed by atoms with Crippen molar-refractivity contribution in [1.82, 2.24) is 9.55 Å². The molecule has 6 nitrogen and oxygen atoms in total. The Labute approximate surface area is 150 Å². The van der Waals surface area contributed by atoms with Crippen molar-refractivity contribution in [3.8, 4) is 5.75 Å². The number of anilines is 1. The van der Waals surface area contributed by atoms with Gasteiger partial charge in [-0.05, 0) is 41.8 Å². The van der Waals surface area contributed by atoms with Gasteiger partial charge in [0.25, 0.3) is 5.91 Å². The minimum atomic E-state index is -0.285. The molecule has 1 amide bonds. The van der Waals surface area contributed by atoms with Crippen molar-refractivity contribution in [2.45, 2.75) is 6.54 Å². The lowest BCUT2D eigenvalue weighted by atomic mass is 10.2. The second kappa shape index (κ2) is 6.76. The molecular weight excluding hydrogens is 330 g/mol. The summed E-state index contributed by atoms with van der Waals surface area (Å²) in [4.78, 5) is 16.6. The predicted molar refractivity (Wildman–Crippen MR) is 98.5 cm³/mol. The van der Waals surface area contributed by atoms with Gasteiger partial charge in [-0.3, -0.25) is 10.1 Å². The van der Waals surface area contributed by atoms with Crippen molar-refractivity contribution in [2.75, 3.05) is 12.4 Å². The van der Waals surface area contributed by atoms with Crippen LogP contribution in [0.25, 0.3) is 10.9 Å². The molecule has 0 saturated carbocycles. The maximum atomic E-state index is 12.3. The molecule has 2 heterocycles. The Morgan fingerprint density at radius 1 is 1.15 bits per heavy atom. The van der Waals surface area contributed by atoms with Gasteiger partial charge in [-0.25, -0.2) is 0 Å². The number of carbonyl (C=O) groups excluding carboxylic acids is 1. The number of aromatic nitrogens is 2. The van der Waals surface area contributed by atoms with Crippen molar-refractivity contribution in [2.24, 2.45) is 0 Å². The number of para-hydroxylation sites is 1. The van der Waals surface area contributed by atoms with Crippen LogP contribution in [-0.4, -0.2) is 22.6 Å². The van der Waals surface area contributed by atoms with E-state index in [1.807, 2.05) is 18.3 Å². The summed E-state index contributed by atoms with van der Waals surface area (Å²) in [5, 5.41) is 3.84. The third-order valence-electron chi connectivity index (χ3n) is 4.14. The zero-order valence-corrected chi connectivity index (χ0v) is 14.2. The van der Waals surface area contributed by atoms with Crippen molar-refractivity contribution in [3.63, 3.8) is 0 Å². The highest BCUT2D eigenvalue weighted by atomic mass is 16.5. The number of hydrogen-bond donors (Lipinski definition) is 1. The number of rotatable bonds is 5. The van der Waals surface area contributed by atoms with Crippen LogP contribution in [0.2, 0.25) is 0 Å². The quantitative estimate of drug-likeness (QED) is 0.594. The molecule has 0 unspecified atom stereocenters. The van der Waals surface area contributed by atoms with E-state index in [0.29, 0.717) is 17.9 Å². The first kappa shape index (κ1) is 16.0. The van der Waals surface area contributed by atoms with Crippen molar-refractivity contribution >= 4 is 22.8 Å².